The first-order valence-corrected chi connectivity index (χ1v) is 8.67. The number of fused-ring (bicyclic) bond motifs is 1. The largest absolute Gasteiger partial charge is 0.361 e. The third-order valence-electron chi connectivity index (χ3n) is 4.70. The predicted molar refractivity (Wildman–Crippen MR) is 94.6 cm³/mol. The van der Waals surface area contributed by atoms with Crippen molar-refractivity contribution in [3.05, 3.63) is 36.0 Å². The van der Waals surface area contributed by atoms with Crippen molar-refractivity contribution in [2.24, 2.45) is 0 Å². The molecule has 2 aromatic rings. The molecule has 1 saturated carbocycles. The summed E-state index contributed by atoms with van der Waals surface area (Å²) >= 11 is 0. The molecule has 0 saturated heterocycles. The van der Waals surface area contributed by atoms with Crippen LogP contribution >= 0.6 is 0 Å². The van der Waals surface area contributed by atoms with Crippen molar-refractivity contribution in [2.45, 2.75) is 64.0 Å². The van der Waals surface area contributed by atoms with Gasteiger partial charge < -0.3 is 15.6 Å². The number of benzene rings is 1. The van der Waals surface area contributed by atoms with Crippen molar-refractivity contribution in [2.75, 3.05) is 0 Å². The Labute approximate surface area is 138 Å². The summed E-state index contributed by atoms with van der Waals surface area (Å²) in [6.07, 6.45) is 8.81. The van der Waals surface area contributed by atoms with Crippen molar-refractivity contribution < 1.29 is 4.79 Å². The van der Waals surface area contributed by atoms with Crippen LogP contribution in [0, 0.1) is 0 Å². The summed E-state index contributed by atoms with van der Waals surface area (Å²) < 4.78 is 0. The Morgan fingerprint density at radius 3 is 2.74 bits per heavy atom. The van der Waals surface area contributed by atoms with Gasteiger partial charge in [0.05, 0.1) is 0 Å². The first-order valence-electron chi connectivity index (χ1n) is 8.67. The molecule has 3 rings (SSSR count). The molecule has 4 heteroatoms. The Balaban J connectivity index is 1.60. The number of aromatic amines is 1. The summed E-state index contributed by atoms with van der Waals surface area (Å²) in [5.74, 6) is 0. The number of rotatable bonds is 4. The molecule has 1 aromatic carbocycles. The fourth-order valence-electron chi connectivity index (χ4n) is 3.57. The lowest BCUT2D eigenvalue weighted by atomic mass is 9.94. The van der Waals surface area contributed by atoms with Gasteiger partial charge in [0.1, 0.15) is 0 Å². The highest BCUT2D eigenvalue weighted by molar-refractivity contribution is 5.83. The van der Waals surface area contributed by atoms with Gasteiger partial charge in [-0.1, -0.05) is 37.5 Å². The SMILES string of the molecule is CC(C)(Cc1c[nH]c2ccccc12)NC(=O)NC1CCCCC1. The van der Waals surface area contributed by atoms with Crippen LogP contribution < -0.4 is 10.6 Å². The maximum atomic E-state index is 12.3. The van der Waals surface area contributed by atoms with E-state index in [2.05, 4.69) is 47.7 Å². The van der Waals surface area contributed by atoms with Crippen LogP contribution in [-0.4, -0.2) is 22.6 Å². The van der Waals surface area contributed by atoms with E-state index in [0.717, 1.165) is 24.8 Å². The van der Waals surface area contributed by atoms with Gasteiger partial charge in [-0.2, -0.15) is 0 Å². The zero-order valence-corrected chi connectivity index (χ0v) is 14.1. The molecule has 23 heavy (non-hydrogen) atoms. The van der Waals surface area contributed by atoms with E-state index in [-0.39, 0.29) is 11.6 Å². The van der Waals surface area contributed by atoms with Crippen LogP contribution in [0.25, 0.3) is 10.9 Å². The zero-order valence-electron chi connectivity index (χ0n) is 14.1. The van der Waals surface area contributed by atoms with Crippen LogP contribution in [0.4, 0.5) is 4.79 Å². The molecular formula is C19H27N3O. The topological polar surface area (TPSA) is 56.9 Å². The number of nitrogens with one attached hydrogen (secondary N) is 3. The van der Waals surface area contributed by atoms with Gasteiger partial charge >= 0.3 is 6.03 Å². The lowest BCUT2D eigenvalue weighted by Crippen LogP contribution is -2.52. The number of hydrogen-bond acceptors (Lipinski definition) is 1. The van der Waals surface area contributed by atoms with Crippen LogP contribution in [0.1, 0.15) is 51.5 Å². The summed E-state index contributed by atoms with van der Waals surface area (Å²) in [5.41, 5.74) is 2.09. The second-order valence-corrected chi connectivity index (χ2v) is 7.35. The van der Waals surface area contributed by atoms with Gasteiger partial charge in [-0.25, -0.2) is 4.79 Å². The minimum Gasteiger partial charge on any atom is -0.361 e. The zero-order chi connectivity index (χ0) is 16.3. The van der Waals surface area contributed by atoms with Gasteiger partial charge in [-0.15, -0.1) is 0 Å². The lowest BCUT2D eigenvalue weighted by Gasteiger charge is -2.29. The maximum absolute atomic E-state index is 12.3. The number of H-pyrrole nitrogens is 1. The van der Waals surface area contributed by atoms with Crippen LogP contribution in [0.15, 0.2) is 30.5 Å². The molecule has 1 aliphatic carbocycles. The first kappa shape index (κ1) is 15.9. The van der Waals surface area contributed by atoms with E-state index >= 15 is 0 Å². The molecule has 2 amide bonds. The molecule has 3 N–H and O–H groups in total. The van der Waals surface area contributed by atoms with Gasteiger partial charge in [0, 0.05) is 28.7 Å². The van der Waals surface area contributed by atoms with E-state index in [1.165, 1.54) is 30.2 Å². The predicted octanol–water partition coefficient (Wildman–Crippen LogP) is 4.12. The van der Waals surface area contributed by atoms with Gasteiger partial charge in [0.15, 0.2) is 0 Å². The molecule has 1 aliphatic rings. The standard InChI is InChI=1S/C19H27N3O/c1-19(2,22-18(23)21-15-8-4-3-5-9-15)12-14-13-20-17-11-7-6-10-16(14)17/h6-7,10-11,13,15,20H,3-5,8-9,12H2,1-2H3,(H2,21,22,23). The summed E-state index contributed by atoms with van der Waals surface area (Å²) in [6.45, 7) is 4.16. The summed E-state index contributed by atoms with van der Waals surface area (Å²) in [7, 11) is 0. The Hall–Kier alpha value is -1.97. The minimum absolute atomic E-state index is 0.0401. The minimum atomic E-state index is -0.288. The highest BCUT2D eigenvalue weighted by Gasteiger charge is 2.24. The second-order valence-electron chi connectivity index (χ2n) is 7.35. The van der Waals surface area contributed by atoms with Crippen LogP contribution in [-0.2, 0) is 6.42 Å². The molecule has 1 aromatic heterocycles. The molecule has 0 atom stereocenters. The van der Waals surface area contributed by atoms with E-state index in [4.69, 9.17) is 0 Å². The smallest absolute Gasteiger partial charge is 0.315 e. The summed E-state index contributed by atoms with van der Waals surface area (Å²) in [5, 5.41) is 7.51. The number of aromatic nitrogens is 1. The molecule has 0 bridgehead atoms. The third-order valence-corrected chi connectivity index (χ3v) is 4.70. The fraction of sp³-hybridized carbons (Fsp3) is 0.526. The van der Waals surface area contributed by atoms with Crippen molar-refractivity contribution in [3.8, 4) is 0 Å². The first-order chi connectivity index (χ1) is 11.0. The molecule has 0 aliphatic heterocycles. The Morgan fingerprint density at radius 2 is 1.96 bits per heavy atom. The third kappa shape index (κ3) is 4.06. The van der Waals surface area contributed by atoms with Gasteiger partial charge in [0.2, 0.25) is 0 Å². The molecular weight excluding hydrogens is 286 g/mol. The van der Waals surface area contributed by atoms with Gasteiger partial charge in [0.25, 0.3) is 0 Å². The number of urea groups is 1. The molecule has 1 heterocycles. The maximum Gasteiger partial charge on any atom is 0.315 e. The highest BCUT2D eigenvalue weighted by Crippen LogP contribution is 2.22. The normalized spacial score (nSPS) is 16.4. The number of amides is 2. The Kier molecular flexibility index (Phi) is 4.60. The van der Waals surface area contributed by atoms with E-state index < -0.39 is 0 Å². The van der Waals surface area contributed by atoms with Crippen molar-refractivity contribution in [1.29, 1.82) is 0 Å². The van der Waals surface area contributed by atoms with Crippen LogP contribution in [0.3, 0.4) is 0 Å². The van der Waals surface area contributed by atoms with Gasteiger partial charge in [-0.05, 0) is 44.7 Å². The monoisotopic (exact) mass is 313 g/mol. The number of para-hydroxylation sites is 1. The molecule has 0 spiro atoms. The van der Waals surface area contributed by atoms with Crippen molar-refractivity contribution in [3.63, 3.8) is 0 Å². The fourth-order valence-corrected chi connectivity index (χ4v) is 3.57. The number of carbonyl (C=O) groups is 1. The van der Waals surface area contributed by atoms with E-state index in [0.29, 0.717) is 6.04 Å². The van der Waals surface area contributed by atoms with Gasteiger partial charge in [-0.3, -0.25) is 0 Å². The average Bonchev–Trinajstić information content (AvgIpc) is 2.90. The average molecular weight is 313 g/mol. The Bertz CT molecular complexity index is 668. The highest BCUT2D eigenvalue weighted by atomic mass is 16.2. The second kappa shape index (κ2) is 6.65. The summed E-state index contributed by atoms with van der Waals surface area (Å²) in [4.78, 5) is 15.6. The molecule has 4 nitrogen and oxygen atoms in total. The molecule has 0 radical (unpaired) electrons. The quantitative estimate of drug-likeness (QED) is 0.781. The Morgan fingerprint density at radius 1 is 1.22 bits per heavy atom. The van der Waals surface area contributed by atoms with Crippen LogP contribution in [0.2, 0.25) is 0 Å². The van der Waals surface area contributed by atoms with Crippen molar-refractivity contribution in [1.82, 2.24) is 15.6 Å². The molecule has 1 fully saturated rings. The van der Waals surface area contributed by atoms with Crippen LogP contribution in [0.5, 0.6) is 0 Å². The van der Waals surface area contributed by atoms with E-state index in [1.807, 2.05) is 12.3 Å². The lowest BCUT2D eigenvalue weighted by molar-refractivity contribution is 0.221. The van der Waals surface area contributed by atoms with Crippen molar-refractivity contribution >= 4 is 16.9 Å². The summed E-state index contributed by atoms with van der Waals surface area (Å²) in [6, 6.07) is 8.59. The van der Waals surface area contributed by atoms with E-state index in [1.54, 1.807) is 0 Å². The molecule has 124 valence electrons. The number of carbonyl (C=O) groups excluding carboxylic acids is 1. The molecule has 0 unspecified atom stereocenters. The van der Waals surface area contributed by atoms with E-state index in [9.17, 15) is 4.79 Å². The number of hydrogen-bond donors (Lipinski definition) is 3.